The highest BCUT2D eigenvalue weighted by Gasteiger charge is 2.17. The number of aromatic nitrogens is 5. The molecule has 0 spiro atoms. The van der Waals surface area contributed by atoms with Crippen molar-refractivity contribution in [1.82, 2.24) is 24.3 Å². The first-order valence-corrected chi connectivity index (χ1v) is 8.00. The zero-order valence-corrected chi connectivity index (χ0v) is 14.3. The first-order chi connectivity index (χ1) is 12.1. The molecule has 3 aromatic rings. The number of hydrogen-bond acceptors (Lipinski definition) is 7. The summed E-state index contributed by atoms with van der Waals surface area (Å²) < 4.78 is 2.23. The molecule has 3 aromatic heterocycles. The number of fused-ring (bicyclic) bond motifs is 1. The van der Waals surface area contributed by atoms with Crippen LogP contribution < -0.4 is 27.4 Å². The maximum absolute atomic E-state index is 12.6. The average molecular weight is 344 g/mol. The van der Waals surface area contributed by atoms with Gasteiger partial charge in [0.1, 0.15) is 11.6 Å². The summed E-state index contributed by atoms with van der Waals surface area (Å²) in [5.74, 6) is 1.18. The first-order valence-electron chi connectivity index (χ1n) is 8.00. The number of aromatic amines is 1. The fourth-order valence-corrected chi connectivity index (χ4v) is 2.48. The smallest absolute Gasteiger partial charge is 0.370 e. The number of imidazole rings is 1. The normalized spacial score (nSPS) is 10.8. The van der Waals surface area contributed by atoms with Crippen LogP contribution in [0.2, 0.25) is 0 Å². The molecule has 0 saturated carbocycles. The second-order valence-corrected chi connectivity index (χ2v) is 5.25. The monoisotopic (exact) mass is 344 g/mol. The van der Waals surface area contributed by atoms with Crippen LogP contribution in [-0.4, -0.2) is 44.4 Å². The van der Waals surface area contributed by atoms with Gasteiger partial charge in [0.05, 0.1) is 0 Å². The molecule has 0 aliphatic carbocycles. The zero-order valence-electron chi connectivity index (χ0n) is 14.3. The van der Waals surface area contributed by atoms with Gasteiger partial charge in [0.2, 0.25) is 0 Å². The summed E-state index contributed by atoms with van der Waals surface area (Å²) in [6.45, 7) is 4.60. The van der Waals surface area contributed by atoms with E-state index in [4.69, 9.17) is 0 Å². The van der Waals surface area contributed by atoms with Crippen LogP contribution in [0.15, 0.2) is 27.9 Å². The number of nitrogens with one attached hydrogen (secondary N) is 4. The van der Waals surface area contributed by atoms with E-state index >= 15 is 0 Å². The van der Waals surface area contributed by atoms with Crippen LogP contribution in [0.25, 0.3) is 22.6 Å². The Kier molecular flexibility index (Phi) is 4.42. The van der Waals surface area contributed by atoms with Gasteiger partial charge in [0.15, 0.2) is 11.2 Å². The van der Waals surface area contributed by atoms with Gasteiger partial charge >= 0.3 is 11.2 Å². The van der Waals surface area contributed by atoms with Crippen molar-refractivity contribution in [2.24, 2.45) is 0 Å². The quantitative estimate of drug-likeness (QED) is 0.501. The Hall–Kier alpha value is -3.30. The third-order valence-electron chi connectivity index (χ3n) is 3.62. The van der Waals surface area contributed by atoms with Gasteiger partial charge in [-0.3, -0.25) is 4.79 Å². The van der Waals surface area contributed by atoms with E-state index in [1.165, 1.54) is 4.68 Å². The Labute approximate surface area is 142 Å². The van der Waals surface area contributed by atoms with Gasteiger partial charge < -0.3 is 21.2 Å². The number of H-pyrrole nitrogens is 1. The maximum atomic E-state index is 12.6. The number of pyridine rings is 1. The molecular weight excluding hydrogens is 324 g/mol. The zero-order chi connectivity index (χ0) is 18.0. The summed E-state index contributed by atoms with van der Waals surface area (Å²) in [5, 5.41) is 2.94. The molecule has 0 aliphatic heterocycles. The number of hydrogen-bond donors (Lipinski definition) is 4. The topological polar surface area (TPSA) is 122 Å². The lowest BCUT2D eigenvalue weighted by Gasteiger charge is -2.11. The highest BCUT2D eigenvalue weighted by Crippen LogP contribution is 2.18. The van der Waals surface area contributed by atoms with Gasteiger partial charge in [-0.05, 0) is 26.0 Å². The second-order valence-electron chi connectivity index (χ2n) is 5.25. The minimum Gasteiger partial charge on any atom is -0.373 e. The predicted molar refractivity (Wildman–Crippen MR) is 97.2 cm³/mol. The van der Waals surface area contributed by atoms with E-state index in [0.29, 0.717) is 24.5 Å². The minimum atomic E-state index is -0.525. The van der Waals surface area contributed by atoms with Crippen LogP contribution in [-0.2, 0) is 0 Å². The van der Waals surface area contributed by atoms with Gasteiger partial charge in [0, 0.05) is 31.9 Å². The third-order valence-corrected chi connectivity index (χ3v) is 3.62. The standard InChI is InChI=1S/C15H20N8O2/c1-4-18-22-13-11(14(24)23(15(22)25)19-5-2)20-12(21-13)9-6-7-10(16-3)17-8-9/h6-8,18-19H,4-5H2,1-3H3,(H,16,17)(H,20,21). The molecular formula is C15H20N8O2. The van der Waals surface area contributed by atoms with E-state index in [9.17, 15) is 9.59 Å². The van der Waals surface area contributed by atoms with Crippen molar-refractivity contribution in [3.05, 3.63) is 39.2 Å². The molecule has 3 rings (SSSR count). The fraction of sp³-hybridized carbons (Fsp3) is 0.333. The lowest BCUT2D eigenvalue weighted by atomic mass is 10.3. The maximum Gasteiger partial charge on any atom is 0.370 e. The highest BCUT2D eigenvalue weighted by molar-refractivity contribution is 5.75. The third kappa shape index (κ3) is 2.82. The summed E-state index contributed by atoms with van der Waals surface area (Å²) in [7, 11) is 1.78. The molecule has 0 atom stereocenters. The second kappa shape index (κ2) is 6.67. The average Bonchev–Trinajstić information content (AvgIpc) is 3.08. The number of rotatable bonds is 6. The Morgan fingerprint density at radius 2 is 1.84 bits per heavy atom. The lowest BCUT2D eigenvalue weighted by molar-refractivity contribution is 0.694. The molecule has 0 aliphatic rings. The molecule has 25 heavy (non-hydrogen) atoms. The largest absolute Gasteiger partial charge is 0.373 e. The van der Waals surface area contributed by atoms with Crippen LogP contribution in [0, 0.1) is 0 Å². The number of anilines is 1. The molecule has 10 nitrogen and oxygen atoms in total. The van der Waals surface area contributed by atoms with Crippen molar-refractivity contribution < 1.29 is 0 Å². The van der Waals surface area contributed by atoms with Crippen molar-refractivity contribution in [1.29, 1.82) is 0 Å². The van der Waals surface area contributed by atoms with Crippen molar-refractivity contribution in [2.75, 3.05) is 36.3 Å². The molecule has 132 valence electrons. The summed E-state index contributed by atoms with van der Waals surface area (Å²) in [5.41, 5.74) is 5.87. The van der Waals surface area contributed by atoms with Crippen molar-refractivity contribution in [3.8, 4) is 11.4 Å². The van der Waals surface area contributed by atoms with E-state index < -0.39 is 11.2 Å². The Bertz CT molecular complexity index is 999. The molecule has 4 N–H and O–H groups in total. The van der Waals surface area contributed by atoms with Crippen LogP contribution in [0.4, 0.5) is 5.82 Å². The molecule has 3 heterocycles. The molecule has 0 radical (unpaired) electrons. The first kappa shape index (κ1) is 16.6. The summed E-state index contributed by atoms with van der Waals surface area (Å²) in [4.78, 5) is 36.8. The van der Waals surface area contributed by atoms with Gasteiger partial charge in [-0.15, -0.1) is 0 Å². The molecule has 10 heteroatoms. The van der Waals surface area contributed by atoms with Gasteiger partial charge in [0.25, 0.3) is 0 Å². The van der Waals surface area contributed by atoms with Crippen molar-refractivity contribution in [3.63, 3.8) is 0 Å². The Morgan fingerprint density at radius 3 is 2.44 bits per heavy atom. The summed E-state index contributed by atoms with van der Waals surface area (Å²) in [6, 6.07) is 3.63. The molecule has 0 amide bonds. The van der Waals surface area contributed by atoms with Crippen molar-refractivity contribution >= 4 is 17.0 Å². The van der Waals surface area contributed by atoms with E-state index in [2.05, 4.69) is 31.1 Å². The lowest BCUT2D eigenvalue weighted by Crippen LogP contribution is -2.47. The SMILES string of the molecule is CCNn1c(=O)c2[nH]c(-c3ccc(NC)nc3)nc2n(NCC)c1=O. The van der Waals surface area contributed by atoms with Gasteiger partial charge in [-0.1, -0.05) is 0 Å². The van der Waals surface area contributed by atoms with E-state index in [1.807, 2.05) is 13.0 Å². The summed E-state index contributed by atoms with van der Waals surface area (Å²) in [6.07, 6.45) is 1.64. The van der Waals surface area contributed by atoms with E-state index in [1.54, 1.807) is 26.2 Å². The molecule has 0 bridgehead atoms. The van der Waals surface area contributed by atoms with Crippen LogP contribution in [0.5, 0.6) is 0 Å². The van der Waals surface area contributed by atoms with E-state index in [-0.39, 0.29) is 11.2 Å². The minimum absolute atomic E-state index is 0.231. The van der Waals surface area contributed by atoms with Crippen LogP contribution in [0.1, 0.15) is 13.8 Å². The predicted octanol–water partition coefficient (Wildman–Crippen LogP) is 0.117. The van der Waals surface area contributed by atoms with Crippen LogP contribution in [0.3, 0.4) is 0 Å². The van der Waals surface area contributed by atoms with Gasteiger partial charge in [-0.2, -0.15) is 9.35 Å². The van der Waals surface area contributed by atoms with Gasteiger partial charge in [-0.25, -0.2) is 14.8 Å². The van der Waals surface area contributed by atoms with Crippen LogP contribution >= 0.6 is 0 Å². The Morgan fingerprint density at radius 1 is 1.12 bits per heavy atom. The molecule has 0 saturated heterocycles. The molecule has 0 aromatic carbocycles. The number of nitrogens with zero attached hydrogens (tertiary/aromatic N) is 4. The Balaban J connectivity index is 2.24. The van der Waals surface area contributed by atoms with E-state index in [0.717, 1.165) is 10.5 Å². The van der Waals surface area contributed by atoms with Crippen molar-refractivity contribution in [2.45, 2.75) is 13.8 Å². The summed E-state index contributed by atoms with van der Waals surface area (Å²) >= 11 is 0. The highest BCUT2D eigenvalue weighted by atomic mass is 16.2. The molecule has 0 unspecified atom stereocenters. The fourth-order valence-electron chi connectivity index (χ4n) is 2.48. The molecule has 0 fully saturated rings.